The molecule has 0 radical (unpaired) electrons. The Balaban J connectivity index is 1.13. The number of hydrogen-bond donors (Lipinski definition) is 0. The fraction of sp³-hybridized carbons (Fsp3) is 0. The number of fused-ring (bicyclic) bond motifs is 9. The van der Waals surface area contributed by atoms with Crippen LogP contribution >= 0.6 is 11.3 Å². The zero-order chi connectivity index (χ0) is 34.2. The van der Waals surface area contributed by atoms with Crippen molar-refractivity contribution in [2.45, 2.75) is 0 Å². The summed E-state index contributed by atoms with van der Waals surface area (Å²) in [4.78, 5) is 2.46. The molecule has 0 saturated carbocycles. The number of rotatable bonds is 5. The van der Waals surface area contributed by atoms with Gasteiger partial charge in [0.15, 0.2) is 0 Å². The molecule has 11 aromatic rings. The summed E-state index contributed by atoms with van der Waals surface area (Å²) in [6.45, 7) is 0. The van der Waals surface area contributed by atoms with Crippen molar-refractivity contribution in [1.82, 2.24) is 4.57 Å². The summed E-state index contributed by atoms with van der Waals surface area (Å²) in [5.41, 5.74) is 9.47. The average molecular weight is 746 g/mol. The molecule has 244 valence electrons. The summed E-state index contributed by atoms with van der Waals surface area (Å²) in [5.74, 6) is 0. The SMILES string of the molecule is c1ccc(-n2c3ccccc3c3ccc(N(c4ccc(-c5ccc6[se]c7ccccc7c6c5)cc4)c4cccc5sc6ccccc6c45)cc32)cc1. The minimum atomic E-state index is 0.370. The molecule has 2 nitrogen and oxygen atoms in total. The number of thiophene rings is 1. The van der Waals surface area contributed by atoms with E-state index in [9.17, 15) is 0 Å². The first-order chi connectivity index (χ1) is 25.8. The zero-order valence-electron chi connectivity index (χ0n) is 28.0. The molecule has 11 rings (SSSR count). The van der Waals surface area contributed by atoms with Gasteiger partial charge in [-0.05, 0) is 30.3 Å². The van der Waals surface area contributed by atoms with Crippen molar-refractivity contribution in [1.29, 1.82) is 0 Å². The fourth-order valence-corrected chi connectivity index (χ4v) is 11.4. The summed E-state index contributed by atoms with van der Waals surface area (Å²) >= 11 is 2.23. The normalized spacial score (nSPS) is 11.8. The minimum Gasteiger partial charge on any atom is -0.0602 e. The van der Waals surface area contributed by atoms with Gasteiger partial charge in [-0.2, -0.15) is 0 Å². The number of hydrogen-bond acceptors (Lipinski definition) is 2. The molecule has 4 heteroatoms. The molecule has 0 N–H and O–H groups in total. The second-order valence-electron chi connectivity index (χ2n) is 13.3. The first kappa shape index (κ1) is 29.8. The second kappa shape index (κ2) is 11.8. The van der Waals surface area contributed by atoms with Gasteiger partial charge in [-0.25, -0.2) is 0 Å². The molecular formula is C48H30N2SSe. The topological polar surface area (TPSA) is 8.17 Å². The average Bonchev–Trinajstić information content (AvgIpc) is 3.88. The van der Waals surface area contributed by atoms with Gasteiger partial charge < -0.3 is 4.57 Å². The molecule has 0 unspecified atom stereocenters. The number of para-hydroxylation sites is 2. The van der Waals surface area contributed by atoms with Crippen LogP contribution in [0.3, 0.4) is 0 Å². The number of aromatic nitrogens is 1. The van der Waals surface area contributed by atoms with Gasteiger partial charge in [0.1, 0.15) is 0 Å². The van der Waals surface area contributed by atoms with E-state index in [1.807, 2.05) is 11.3 Å². The Bertz CT molecular complexity index is 3130. The van der Waals surface area contributed by atoms with E-state index in [1.165, 1.54) is 78.1 Å². The van der Waals surface area contributed by atoms with Crippen molar-refractivity contribution < 1.29 is 0 Å². The second-order valence-corrected chi connectivity index (χ2v) is 16.7. The van der Waals surface area contributed by atoms with Gasteiger partial charge in [-0.3, -0.25) is 0 Å². The fourth-order valence-electron chi connectivity index (χ4n) is 8.03. The van der Waals surface area contributed by atoms with E-state index >= 15 is 0 Å². The summed E-state index contributed by atoms with van der Waals surface area (Å²) in [6.07, 6.45) is 0. The molecule has 0 amide bonds. The van der Waals surface area contributed by atoms with Crippen LogP contribution in [0.5, 0.6) is 0 Å². The third-order valence-electron chi connectivity index (χ3n) is 10.4. The van der Waals surface area contributed by atoms with Crippen LogP contribution in [-0.2, 0) is 0 Å². The van der Waals surface area contributed by atoms with E-state index in [1.54, 1.807) is 0 Å². The van der Waals surface area contributed by atoms with E-state index in [0.717, 1.165) is 17.1 Å². The maximum absolute atomic E-state index is 2.46. The van der Waals surface area contributed by atoms with Crippen molar-refractivity contribution in [3.63, 3.8) is 0 Å². The van der Waals surface area contributed by atoms with Crippen LogP contribution in [0.25, 0.3) is 78.1 Å². The standard InChI is InChI=1S/C48H30N2SSe/c1-2-11-33(12-3-1)50-41-16-7-4-13-36(41)37-27-26-35(30-43(37)50)49(42-17-10-19-45-48(42)39-15-5-8-18-44(39)51-45)34-24-21-31(22-25-34)32-23-28-47-40(29-32)38-14-6-9-20-46(38)52-47/h1-30H. The third-order valence-corrected chi connectivity index (χ3v) is 13.9. The first-order valence-electron chi connectivity index (χ1n) is 17.6. The summed E-state index contributed by atoms with van der Waals surface area (Å²) in [6, 6.07) is 67.1. The molecule has 0 spiro atoms. The molecule has 0 fully saturated rings. The quantitative estimate of drug-likeness (QED) is 0.159. The van der Waals surface area contributed by atoms with Gasteiger partial charge in [-0.1, -0.05) is 54.6 Å². The van der Waals surface area contributed by atoms with Crippen LogP contribution in [0.4, 0.5) is 17.1 Å². The molecule has 0 aliphatic carbocycles. The summed E-state index contributed by atoms with van der Waals surface area (Å²) in [5, 5.41) is 7.86. The van der Waals surface area contributed by atoms with Crippen LogP contribution in [0.15, 0.2) is 182 Å². The molecule has 52 heavy (non-hydrogen) atoms. The molecule has 0 bridgehead atoms. The molecular weight excluding hydrogens is 716 g/mol. The van der Waals surface area contributed by atoms with Gasteiger partial charge in [0, 0.05) is 21.2 Å². The van der Waals surface area contributed by atoms with E-state index < -0.39 is 0 Å². The van der Waals surface area contributed by atoms with Gasteiger partial charge in [0.2, 0.25) is 0 Å². The first-order valence-corrected chi connectivity index (χ1v) is 20.1. The molecule has 8 aromatic carbocycles. The predicted octanol–water partition coefficient (Wildman–Crippen LogP) is 13.7. The van der Waals surface area contributed by atoms with Crippen molar-refractivity contribution in [3.8, 4) is 16.8 Å². The molecule has 3 heterocycles. The van der Waals surface area contributed by atoms with Crippen molar-refractivity contribution in [3.05, 3.63) is 182 Å². The van der Waals surface area contributed by atoms with Crippen LogP contribution in [0.2, 0.25) is 0 Å². The molecule has 0 aliphatic rings. The van der Waals surface area contributed by atoms with Gasteiger partial charge >= 0.3 is 185 Å². The van der Waals surface area contributed by atoms with E-state index in [-0.39, 0.29) is 0 Å². The Labute approximate surface area is 310 Å². The number of nitrogens with zero attached hydrogens (tertiary/aromatic N) is 2. The summed E-state index contributed by atoms with van der Waals surface area (Å²) < 4.78 is 7.95. The van der Waals surface area contributed by atoms with Crippen LogP contribution in [0.1, 0.15) is 0 Å². The Morgan fingerprint density at radius 2 is 1.10 bits per heavy atom. The van der Waals surface area contributed by atoms with Crippen LogP contribution in [0, 0.1) is 0 Å². The molecule has 0 aliphatic heterocycles. The Morgan fingerprint density at radius 3 is 1.98 bits per heavy atom. The Kier molecular flexibility index (Phi) is 6.78. The Morgan fingerprint density at radius 1 is 0.423 bits per heavy atom. The Hall–Kier alpha value is -5.90. The van der Waals surface area contributed by atoms with Gasteiger partial charge in [-0.15, -0.1) is 11.3 Å². The zero-order valence-corrected chi connectivity index (χ0v) is 30.6. The monoisotopic (exact) mass is 746 g/mol. The van der Waals surface area contributed by atoms with Crippen molar-refractivity contribution in [2.75, 3.05) is 4.90 Å². The predicted molar refractivity (Wildman–Crippen MR) is 226 cm³/mol. The smallest absolute Gasteiger partial charge is 0.0602 e. The molecule has 0 saturated heterocycles. The van der Waals surface area contributed by atoms with E-state index in [2.05, 4.69) is 191 Å². The minimum absolute atomic E-state index is 0.370. The van der Waals surface area contributed by atoms with Gasteiger partial charge in [0.05, 0.1) is 5.52 Å². The van der Waals surface area contributed by atoms with Crippen molar-refractivity contribution in [2.24, 2.45) is 0 Å². The van der Waals surface area contributed by atoms with E-state index in [4.69, 9.17) is 0 Å². The van der Waals surface area contributed by atoms with Crippen LogP contribution in [-0.4, -0.2) is 19.1 Å². The van der Waals surface area contributed by atoms with E-state index in [0.29, 0.717) is 14.5 Å². The van der Waals surface area contributed by atoms with Crippen molar-refractivity contribution >= 4 is 104 Å². The molecule has 3 aromatic heterocycles. The number of benzene rings is 8. The third kappa shape index (κ3) is 4.62. The maximum atomic E-state index is 2.46. The molecule has 0 atom stereocenters. The van der Waals surface area contributed by atoms with Gasteiger partial charge in [0.25, 0.3) is 0 Å². The number of anilines is 3. The van der Waals surface area contributed by atoms with Crippen LogP contribution < -0.4 is 4.90 Å². The summed E-state index contributed by atoms with van der Waals surface area (Å²) in [7, 11) is 0.